The molecule has 7 nitrogen and oxygen atoms in total. The second-order valence-corrected chi connectivity index (χ2v) is 5.06. The zero-order valence-corrected chi connectivity index (χ0v) is 11.3. The monoisotopic (exact) mass is 277 g/mol. The molecule has 0 bridgehead atoms. The van der Waals surface area contributed by atoms with Gasteiger partial charge in [-0.2, -0.15) is 0 Å². The second-order valence-electron chi connectivity index (χ2n) is 5.06. The topological polar surface area (TPSA) is 74.6 Å². The maximum absolute atomic E-state index is 10.8. The highest BCUT2D eigenvalue weighted by Crippen LogP contribution is 2.20. The number of quaternary nitrogens is 1. The van der Waals surface area contributed by atoms with Gasteiger partial charge in [-0.3, -0.25) is 10.1 Å². The Kier molecular flexibility index (Phi) is 3.37. The first-order chi connectivity index (χ1) is 9.65. The first kappa shape index (κ1) is 13.0. The third-order valence-electron chi connectivity index (χ3n) is 3.78. The van der Waals surface area contributed by atoms with Gasteiger partial charge in [0.2, 0.25) is 0 Å². The van der Waals surface area contributed by atoms with Crippen LogP contribution in [-0.2, 0) is 18.3 Å². The summed E-state index contributed by atoms with van der Waals surface area (Å²) >= 11 is 0. The highest BCUT2D eigenvalue weighted by atomic mass is 16.6. The fourth-order valence-corrected chi connectivity index (χ4v) is 2.57. The SMILES string of the molecule is Cn1c(C[NH+]2CCOCC2)nc2cc([N+](=O)[O-])ccc21. The molecule has 0 amide bonds. The summed E-state index contributed by atoms with van der Waals surface area (Å²) < 4.78 is 7.36. The molecule has 1 N–H and O–H groups in total. The second kappa shape index (κ2) is 5.18. The number of hydrogen-bond donors (Lipinski definition) is 1. The molecule has 106 valence electrons. The standard InChI is InChI=1S/C13H16N4O3/c1-15-12-3-2-10(17(18)19)8-11(12)14-13(15)9-16-4-6-20-7-5-16/h2-3,8H,4-7,9H2,1H3/p+1. The molecule has 20 heavy (non-hydrogen) atoms. The Morgan fingerprint density at radius 2 is 2.20 bits per heavy atom. The van der Waals surface area contributed by atoms with Gasteiger partial charge in [0.25, 0.3) is 5.69 Å². The van der Waals surface area contributed by atoms with Gasteiger partial charge in [0.05, 0.1) is 29.2 Å². The summed E-state index contributed by atoms with van der Waals surface area (Å²) in [6, 6.07) is 4.82. The molecule has 1 fully saturated rings. The minimum atomic E-state index is -0.388. The lowest BCUT2D eigenvalue weighted by molar-refractivity contribution is -0.922. The first-order valence-corrected chi connectivity index (χ1v) is 6.66. The number of aromatic nitrogens is 2. The van der Waals surface area contributed by atoms with Crippen LogP contribution in [-0.4, -0.2) is 40.8 Å². The molecule has 1 aromatic heterocycles. The lowest BCUT2D eigenvalue weighted by Gasteiger charge is -2.23. The number of nitro benzene ring substituents is 1. The average Bonchev–Trinajstić information content (AvgIpc) is 2.76. The molecule has 0 radical (unpaired) electrons. The van der Waals surface area contributed by atoms with E-state index >= 15 is 0 Å². The van der Waals surface area contributed by atoms with Crippen LogP contribution >= 0.6 is 0 Å². The van der Waals surface area contributed by atoms with Crippen LogP contribution in [0.2, 0.25) is 0 Å². The van der Waals surface area contributed by atoms with Crippen LogP contribution in [0.5, 0.6) is 0 Å². The van der Waals surface area contributed by atoms with Crippen molar-refractivity contribution < 1.29 is 14.6 Å². The van der Waals surface area contributed by atoms with Crippen molar-refractivity contribution in [3.05, 3.63) is 34.1 Å². The lowest BCUT2D eigenvalue weighted by atomic mass is 10.3. The predicted molar refractivity (Wildman–Crippen MR) is 72.6 cm³/mol. The third-order valence-corrected chi connectivity index (χ3v) is 3.78. The fourth-order valence-electron chi connectivity index (χ4n) is 2.57. The minimum Gasteiger partial charge on any atom is -0.370 e. The highest BCUT2D eigenvalue weighted by molar-refractivity contribution is 5.78. The number of ether oxygens (including phenoxy) is 1. The summed E-state index contributed by atoms with van der Waals surface area (Å²) in [5.74, 6) is 0.956. The van der Waals surface area contributed by atoms with Crippen LogP contribution in [0, 0.1) is 10.1 Å². The molecular weight excluding hydrogens is 260 g/mol. The van der Waals surface area contributed by atoms with Crippen molar-refractivity contribution in [1.29, 1.82) is 0 Å². The van der Waals surface area contributed by atoms with Gasteiger partial charge in [0.1, 0.15) is 19.6 Å². The van der Waals surface area contributed by atoms with E-state index in [0.717, 1.165) is 44.2 Å². The van der Waals surface area contributed by atoms with E-state index in [0.29, 0.717) is 5.52 Å². The van der Waals surface area contributed by atoms with E-state index in [9.17, 15) is 10.1 Å². The van der Waals surface area contributed by atoms with E-state index < -0.39 is 0 Å². The largest absolute Gasteiger partial charge is 0.370 e. The Morgan fingerprint density at radius 3 is 2.90 bits per heavy atom. The van der Waals surface area contributed by atoms with Crippen molar-refractivity contribution in [2.24, 2.45) is 7.05 Å². The number of fused-ring (bicyclic) bond motifs is 1. The summed E-state index contributed by atoms with van der Waals surface area (Å²) in [4.78, 5) is 16.4. The normalized spacial score (nSPS) is 16.6. The van der Waals surface area contributed by atoms with Gasteiger partial charge in [-0.05, 0) is 6.07 Å². The number of nitro groups is 1. The number of nitrogens with one attached hydrogen (secondary N) is 1. The van der Waals surface area contributed by atoms with Crippen molar-refractivity contribution in [1.82, 2.24) is 9.55 Å². The minimum absolute atomic E-state index is 0.0841. The number of imidazole rings is 1. The van der Waals surface area contributed by atoms with Crippen molar-refractivity contribution >= 4 is 16.7 Å². The summed E-state index contributed by atoms with van der Waals surface area (Å²) in [5.41, 5.74) is 1.70. The highest BCUT2D eigenvalue weighted by Gasteiger charge is 2.19. The first-order valence-electron chi connectivity index (χ1n) is 6.66. The van der Waals surface area contributed by atoms with Gasteiger partial charge in [-0.25, -0.2) is 4.98 Å². The molecule has 1 aliphatic rings. The van der Waals surface area contributed by atoms with Crippen LogP contribution in [0.3, 0.4) is 0 Å². The summed E-state index contributed by atoms with van der Waals surface area (Å²) in [7, 11) is 1.95. The number of aryl methyl sites for hydroxylation is 1. The molecule has 0 atom stereocenters. The quantitative estimate of drug-likeness (QED) is 0.628. The maximum atomic E-state index is 10.8. The van der Waals surface area contributed by atoms with Crippen LogP contribution in [0.4, 0.5) is 5.69 Å². The van der Waals surface area contributed by atoms with Gasteiger partial charge in [0, 0.05) is 19.2 Å². The van der Waals surface area contributed by atoms with Crippen molar-refractivity contribution in [2.45, 2.75) is 6.54 Å². The van der Waals surface area contributed by atoms with Crippen molar-refractivity contribution in [3.63, 3.8) is 0 Å². The number of nitrogens with zero attached hydrogens (tertiary/aromatic N) is 3. The number of non-ortho nitro benzene ring substituents is 1. The number of rotatable bonds is 3. The van der Waals surface area contributed by atoms with E-state index in [-0.39, 0.29) is 10.6 Å². The van der Waals surface area contributed by atoms with Crippen molar-refractivity contribution in [3.8, 4) is 0 Å². The van der Waals surface area contributed by atoms with Crippen molar-refractivity contribution in [2.75, 3.05) is 26.3 Å². The molecule has 0 unspecified atom stereocenters. The Hall–Kier alpha value is -1.99. The smallest absolute Gasteiger partial charge is 0.271 e. The third kappa shape index (κ3) is 2.37. The van der Waals surface area contributed by atoms with Gasteiger partial charge in [-0.15, -0.1) is 0 Å². The Balaban J connectivity index is 1.91. The van der Waals surface area contributed by atoms with E-state index in [4.69, 9.17) is 4.74 Å². The summed E-state index contributed by atoms with van der Waals surface area (Å²) in [6.45, 7) is 4.34. The van der Waals surface area contributed by atoms with E-state index in [1.54, 1.807) is 6.07 Å². The lowest BCUT2D eigenvalue weighted by Crippen LogP contribution is -3.12. The van der Waals surface area contributed by atoms with Crippen LogP contribution in [0.1, 0.15) is 5.82 Å². The Morgan fingerprint density at radius 1 is 1.45 bits per heavy atom. The molecule has 0 aliphatic carbocycles. The molecule has 3 rings (SSSR count). The molecule has 2 heterocycles. The molecule has 7 heteroatoms. The summed E-state index contributed by atoms with van der Waals surface area (Å²) in [5, 5.41) is 10.8. The Bertz CT molecular complexity index is 646. The van der Waals surface area contributed by atoms with E-state index in [1.807, 2.05) is 11.6 Å². The molecule has 1 aliphatic heterocycles. The van der Waals surface area contributed by atoms with Crippen LogP contribution < -0.4 is 4.90 Å². The van der Waals surface area contributed by atoms with Gasteiger partial charge in [-0.1, -0.05) is 0 Å². The maximum Gasteiger partial charge on any atom is 0.271 e. The Labute approximate surface area is 115 Å². The molecular formula is C13H17N4O3+. The predicted octanol–water partition coefficient (Wildman–Crippen LogP) is -0.103. The number of morpholine rings is 1. The molecule has 1 aromatic carbocycles. The van der Waals surface area contributed by atoms with Crippen LogP contribution in [0.25, 0.3) is 11.0 Å². The number of benzene rings is 1. The fraction of sp³-hybridized carbons (Fsp3) is 0.462. The average molecular weight is 277 g/mol. The molecule has 1 saturated heterocycles. The van der Waals surface area contributed by atoms with Gasteiger partial charge >= 0.3 is 0 Å². The molecule has 0 saturated carbocycles. The zero-order chi connectivity index (χ0) is 14.1. The van der Waals surface area contributed by atoms with E-state index in [2.05, 4.69) is 4.98 Å². The summed E-state index contributed by atoms with van der Waals surface area (Å²) in [6.07, 6.45) is 0. The van der Waals surface area contributed by atoms with Gasteiger partial charge in [0.15, 0.2) is 5.82 Å². The van der Waals surface area contributed by atoms with Crippen LogP contribution in [0.15, 0.2) is 18.2 Å². The van der Waals surface area contributed by atoms with E-state index in [1.165, 1.54) is 17.0 Å². The zero-order valence-electron chi connectivity index (χ0n) is 11.3. The molecule has 0 spiro atoms. The number of hydrogen-bond acceptors (Lipinski definition) is 4. The molecule has 2 aromatic rings. The van der Waals surface area contributed by atoms with Gasteiger partial charge < -0.3 is 14.2 Å².